The Kier molecular flexibility index (Phi) is 20.5. The molecule has 1 aromatic carbocycles. The zero-order chi connectivity index (χ0) is 25.7. The Morgan fingerprint density at radius 2 is 1.06 bits per heavy atom. The maximum atomic E-state index is 10.4. The molecule has 0 aliphatic carbocycles. The number of aryl methyl sites for hydroxylation is 1. The molecule has 200 valence electrons. The van der Waals surface area contributed by atoms with Gasteiger partial charge in [0.15, 0.2) is 0 Å². The third kappa shape index (κ3) is 17.1. The monoisotopic (exact) mass is 561 g/mol. The van der Waals surface area contributed by atoms with Crippen molar-refractivity contribution in [2.75, 3.05) is 31.5 Å². The average Bonchev–Trinajstić information content (AvgIpc) is 2.81. The van der Waals surface area contributed by atoms with E-state index in [0.717, 1.165) is 5.56 Å². The molecule has 34 heavy (non-hydrogen) atoms. The average molecular weight is 563 g/mol. The van der Waals surface area contributed by atoms with E-state index in [0.29, 0.717) is 0 Å². The number of benzene rings is 1. The summed E-state index contributed by atoms with van der Waals surface area (Å²) >= 11 is 3.67. The van der Waals surface area contributed by atoms with Crippen molar-refractivity contribution in [2.45, 2.75) is 116 Å². The van der Waals surface area contributed by atoms with Crippen molar-refractivity contribution in [3.05, 3.63) is 29.8 Å². The Balaban J connectivity index is 0.000000818. The second-order valence-electron chi connectivity index (χ2n) is 9.73. The summed E-state index contributed by atoms with van der Waals surface area (Å²) in [6.07, 6.45) is 18.3. The number of quaternary nitrogens is 1. The minimum Gasteiger partial charge on any atom is -0.744 e. The maximum absolute atomic E-state index is 10.4. The van der Waals surface area contributed by atoms with Gasteiger partial charge in [0.2, 0.25) is 0 Å². The number of hydrogen-bond acceptors (Lipinski definition) is 3. The molecule has 4 nitrogen and oxygen atoms in total. The number of hydrogen-bond donors (Lipinski definition) is 0. The zero-order valence-electron chi connectivity index (χ0n) is 22.5. The van der Waals surface area contributed by atoms with Crippen LogP contribution in [0.2, 0.25) is 0 Å². The fraction of sp³-hybridized carbons (Fsp3) is 0.786. The van der Waals surface area contributed by atoms with E-state index in [4.69, 9.17) is 0 Å². The molecule has 0 saturated heterocycles. The third-order valence-electron chi connectivity index (χ3n) is 6.53. The van der Waals surface area contributed by atoms with Crippen molar-refractivity contribution >= 4 is 26.0 Å². The second kappa shape index (κ2) is 20.7. The minimum absolute atomic E-state index is 0.178. The van der Waals surface area contributed by atoms with E-state index in [1.165, 1.54) is 132 Å². The quantitative estimate of drug-likeness (QED) is 0.0739. The Bertz CT molecular complexity index is 661. The van der Waals surface area contributed by atoms with Crippen LogP contribution in [0.3, 0.4) is 0 Å². The number of alkyl halides is 1. The van der Waals surface area contributed by atoms with Crippen molar-refractivity contribution in [3.63, 3.8) is 0 Å². The first kappa shape index (κ1) is 33.6. The van der Waals surface area contributed by atoms with Crippen LogP contribution in [0, 0.1) is 6.92 Å². The minimum atomic E-state index is -4.27. The smallest absolute Gasteiger partial charge is 0.124 e. The van der Waals surface area contributed by atoms with Gasteiger partial charge in [-0.1, -0.05) is 92.9 Å². The van der Waals surface area contributed by atoms with Gasteiger partial charge in [-0.15, -0.1) is 0 Å². The summed E-state index contributed by atoms with van der Waals surface area (Å²) in [5.41, 5.74) is 0.928. The molecule has 1 aromatic rings. The Morgan fingerprint density at radius 1 is 0.676 bits per heavy atom. The lowest BCUT2D eigenvalue weighted by atomic mass is 10.1. The highest BCUT2D eigenvalue weighted by molar-refractivity contribution is 9.09. The van der Waals surface area contributed by atoms with Gasteiger partial charge in [0.05, 0.1) is 31.1 Å². The molecule has 0 heterocycles. The summed E-state index contributed by atoms with van der Waals surface area (Å²) < 4.78 is 32.6. The first-order valence-corrected chi connectivity index (χ1v) is 16.2. The molecule has 0 spiro atoms. The largest absolute Gasteiger partial charge is 0.744 e. The molecule has 0 atom stereocenters. The third-order valence-corrected chi connectivity index (χ3v) is 7.94. The summed E-state index contributed by atoms with van der Waals surface area (Å²) in [7, 11) is -4.27. The van der Waals surface area contributed by atoms with E-state index in [1.54, 1.807) is 12.1 Å². The lowest BCUT2D eigenvalue weighted by Gasteiger charge is -2.39. The molecule has 0 unspecified atom stereocenters. The van der Waals surface area contributed by atoms with Gasteiger partial charge in [-0.3, -0.25) is 0 Å². The number of nitrogens with zero attached hydrogens (tertiary/aromatic N) is 1. The van der Waals surface area contributed by atoms with Crippen LogP contribution in [0.15, 0.2) is 29.2 Å². The molecule has 0 radical (unpaired) electrons. The highest BCUT2D eigenvalue weighted by Crippen LogP contribution is 2.18. The van der Waals surface area contributed by atoms with Crippen LogP contribution in [0.1, 0.15) is 110 Å². The molecule has 0 aliphatic rings. The van der Waals surface area contributed by atoms with Crippen molar-refractivity contribution < 1.29 is 17.5 Å². The molecular weight excluding hydrogens is 510 g/mol. The summed E-state index contributed by atoms with van der Waals surface area (Å²) in [6.45, 7) is 14.5. The molecule has 1 rings (SSSR count). The molecule has 6 heteroatoms. The van der Waals surface area contributed by atoms with Crippen molar-refractivity contribution in [1.82, 2.24) is 0 Å². The first-order chi connectivity index (χ1) is 16.2. The van der Waals surface area contributed by atoms with E-state index in [9.17, 15) is 13.0 Å². The number of rotatable bonds is 19. The summed E-state index contributed by atoms with van der Waals surface area (Å²) in [6, 6.07) is 5.78. The standard InChI is InChI=1S/C21H45BrN.C7H8O3S/c1-4-7-10-13-18-23(21-16-17-22,19-14-11-8-5-2)20-15-12-9-6-3;1-6-2-4-7(5-3-6)11(8,9)10/h4-21H2,1-3H3;2-5H,1H3,(H,8,9,10)/q+1;/p-1. The molecule has 0 amide bonds. The Hall–Kier alpha value is -0.430. The predicted molar refractivity (Wildman–Crippen MR) is 150 cm³/mol. The van der Waals surface area contributed by atoms with Crippen LogP contribution >= 0.6 is 15.9 Å². The maximum Gasteiger partial charge on any atom is 0.124 e. The highest BCUT2D eigenvalue weighted by Gasteiger charge is 2.25. The van der Waals surface area contributed by atoms with Crippen molar-refractivity contribution in [3.8, 4) is 0 Å². The van der Waals surface area contributed by atoms with E-state index >= 15 is 0 Å². The van der Waals surface area contributed by atoms with Crippen molar-refractivity contribution in [2.24, 2.45) is 0 Å². The first-order valence-electron chi connectivity index (χ1n) is 13.7. The van der Waals surface area contributed by atoms with Gasteiger partial charge in [0.1, 0.15) is 10.1 Å². The molecule has 0 aromatic heterocycles. The molecule has 0 N–H and O–H groups in total. The van der Waals surface area contributed by atoms with Crippen LogP contribution in [0.4, 0.5) is 0 Å². The van der Waals surface area contributed by atoms with Gasteiger partial charge in [0.25, 0.3) is 0 Å². The molecule has 0 fully saturated rings. The van der Waals surface area contributed by atoms with Gasteiger partial charge in [-0.25, -0.2) is 8.42 Å². The van der Waals surface area contributed by atoms with E-state index < -0.39 is 10.1 Å². The number of unbranched alkanes of at least 4 members (excludes halogenated alkanes) is 9. The lowest BCUT2D eigenvalue weighted by molar-refractivity contribution is -0.928. The van der Waals surface area contributed by atoms with Crippen LogP contribution < -0.4 is 0 Å². The fourth-order valence-corrected chi connectivity index (χ4v) is 5.11. The summed E-state index contributed by atoms with van der Waals surface area (Å²) in [5.74, 6) is 0. The van der Waals surface area contributed by atoms with Crippen LogP contribution in [0.25, 0.3) is 0 Å². The van der Waals surface area contributed by atoms with Crippen molar-refractivity contribution in [1.29, 1.82) is 0 Å². The van der Waals surface area contributed by atoms with E-state index in [1.807, 2.05) is 6.92 Å². The van der Waals surface area contributed by atoms with Gasteiger partial charge in [-0.2, -0.15) is 0 Å². The van der Waals surface area contributed by atoms with Gasteiger partial charge >= 0.3 is 0 Å². The van der Waals surface area contributed by atoms with Gasteiger partial charge in [0, 0.05) is 11.8 Å². The van der Waals surface area contributed by atoms with Gasteiger partial charge < -0.3 is 9.04 Å². The normalized spacial score (nSPS) is 11.8. The van der Waals surface area contributed by atoms with Gasteiger partial charge in [-0.05, 0) is 57.6 Å². The molecule has 0 saturated carbocycles. The summed E-state index contributed by atoms with van der Waals surface area (Å²) in [5, 5.41) is 1.17. The van der Waals surface area contributed by atoms with Crippen LogP contribution in [0.5, 0.6) is 0 Å². The second-order valence-corrected chi connectivity index (χ2v) is 11.9. The van der Waals surface area contributed by atoms with E-state index in [-0.39, 0.29) is 4.90 Å². The van der Waals surface area contributed by atoms with Crippen LogP contribution in [-0.4, -0.2) is 49.0 Å². The topological polar surface area (TPSA) is 57.2 Å². The van der Waals surface area contributed by atoms with E-state index in [2.05, 4.69) is 36.7 Å². The zero-order valence-corrected chi connectivity index (χ0v) is 24.9. The fourth-order valence-electron chi connectivity index (χ4n) is 4.39. The molecule has 0 bridgehead atoms. The summed E-state index contributed by atoms with van der Waals surface area (Å²) in [4.78, 5) is -0.178. The number of halogens is 1. The predicted octanol–water partition coefficient (Wildman–Crippen LogP) is 8.23. The Morgan fingerprint density at radius 3 is 1.38 bits per heavy atom. The Labute approximate surface area is 220 Å². The molecule has 0 aliphatic heterocycles. The SMILES string of the molecule is CCCCCC[N+](CCCBr)(CCCCCC)CCCCCC.Cc1ccc(S(=O)(=O)[O-])cc1. The van der Waals surface area contributed by atoms with Crippen LogP contribution in [-0.2, 0) is 10.1 Å². The lowest BCUT2D eigenvalue weighted by Crippen LogP contribution is -2.51. The molecular formula is C28H52BrNO3S. The highest BCUT2D eigenvalue weighted by atomic mass is 79.9.